The van der Waals surface area contributed by atoms with Crippen LogP contribution < -0.4 is 0 Å². The minimum Gasteiger partial charge on any atom is -0.452 e. The number of amides is 1. The molecule has 2 atom stereocenters. The molecule has 0 aromatic carbocycles. The van der Waals surface area contributed by atoms with Crippen LogP contribution in [0, 0.1) is 0 Å². The number of likely N-dealkylation sites (tertiary alicyclic amines) is 1. The van der Waals surface area contributed by atoms with Crippen molar-refractivity contribution >= 4 is 11.9 Å². The molecule has 5 heteroatoms. The lowest BCUT2D eigenvalue weighted by Gasteiger charge is -2.18. The van der Waals surface area contributed by atoms with Crippen LogP contribution in [-0.2, 0) is 14.3 Å². The first-order chi connectivity index (χ1) is 8.09. The van der Waals surface area contributed by atoms with Gasteiger partial charge in [0, 0.05) is 32.8 Å². The van der Waals surface area contributed by atoms with E-state index in [2.05, 4.69) is 4.98 Å². The highest BCUT2D eigenvalue weighted by atomic mass is 16.5. The Morgan fingerprint density at radius 3 is 2.94 bits per heavy atom. The van der Waals surface area contributed by atoms with Crippen LogP contribution in [0.4, 0.5) is 0 Å². The number of aromatic nitrogens is 1. The van der Waals surface area contributed by atoms with Crippen molar-refractivity contribution in [3.63, 3.8) is 0 Å². The van der Waals surface area contributed by atoms with Crippen LogP contribution in [0.3, 0.4) is 0 Å². The van der Waals surface area contributed by atoms with Gasteiger partial charge < -0.3 is 9.64 Å². The maximum atomic E-state index is 11.9. The quantitative estimate of drug-likeness (QED) is 0.714. The average Bonchev–Trinajstić information content (AvgIpc) is 2.58. The minimum absolute atomic E-state index is 0.0689. The zero-order chi connectivity index (χ0) is 12.4. The summed E-state index contributed by atoms with van der Waals surface area (Å²) in [6, 6.07) is 3.67. The molecular formula is C12H14N2O3. The Balaban J connectivity index is 2.17. The SMILES string of the molecule is CC(=O)O[C@H]1C[C@H](c2cccnc2)N(C)C1=O. The summed E-state index contributed by atoms with van der Waals surface area (Å²) in [5, 5.41) is 0. The molecule has 17 heavy (non-hydrogen) atoms. The molecule has 1 amide bonds. The second-order valence-corrected chi connectivity index (χ2v) is 4.09. The highest BCUT2D eigenvalue weighted by molar-refractivity contribution is 5.85. The molecule has 1 aliphatic heterocycles. The van der Waals surface area contributed by atoms with Crippen molar-refractivity contribution in [2.45, 2.75) is 25.5 Å². The molecule has 0 saturated carbocycles. The summed E-state index contributed by atoms with van der Waals surface area (Å²) in [5.74, 6) is -0.586. The third-order valence-electron chi connectivity index (χ3n) is 2.91. The fourth-order valence-electron chi connectivity index (χ4n) is 2.07. The number of hydrogen-bond acceptors (Lipinski definition) is 4. The number of rotatable bonds is 2. The van der Waals surface area contributed by atoms with E-state index in [0.29, 0.717) is 6.42 Å². The lowest BCUT2D eigenvalue weighted by molar-refractivity contribution is -0.153. The topological polar surface area (TPSA) is 59.5 Å². The van der Waals surface area contributed by atoms with E-state index in [1.807, 2.05) is 12.1 Å². The summed E-state index contributed by atoms with van der Waals surface area (Å²) in [6.45, 7) is 1.31. The average molecular weight is 234 g/mol. The van der Waals surface area contributed by atoms with Gasteiger partial charge in [-0.2, -0.15) is 0 Å². The predicted molar refractivity (Wildman–Crippen MR) is 59.9 cm³/mol. The number of nitrogens with zero attached hydrogens (tertiary/aromatic N) is 2. The van der Waals surface area contributed by atoms with Crippen molar-refractivity contribution in [3.8, 4) is 0 Å². The van der Waals surface area contributed by atoms with E-state index in [4.69, 9.17) is 4.74 Å². The monoisotopic (exact) mass is 234 g/mol. The number of likely N-dealkylation sites (N-methyl/N-ethyl adjacent to an activating group) is 1. The standard InChI is InChI=1S/C12H14N2O3/c1-8(15)17-11-6-10(14(2)12(11)16)9-4-3-5-13-7-9/h3-5,7,10-11H,6H2,1-2H3/t10-,11+/m1/s1. The molecule has 0 spiro atoms. The van der Waals surface area contributed by atoms with Gasteiger partial charge >= 0.3 is 5.97 Å². The maximum absolute atomic E-state index is 11.9. The van der Waals surface area contributed by atoms with E-state index in [1.165, 1.54) is 6.92 Å². The fraction of sp³-hybridized carbons (Fsp3) is 0.417. The number of ether oxygens (including phenoxy) is 1. The van der Waals surface area contributed by atoms with Crippen molar-refractivity contribution in [1.82, 2.24) is 9.88 Å². The van der Waals surface area contributed by atoms with Gasteiger partial charge in [-0.3, -0.25) is 14.6 Å². The van der Waals surface area contributed by atoms with E-state index in [9.17, 15) is 9.59 Å². The largest absolute Gasteiger partial charge is 0.452 e. The summed E-state index contributed by atoms with van der Waals surface area (Å²) in [5.41, 5.74) is 0.956. The number of hydrogen-bond donors (Lipinski definition) is 0. The van der Waals surface area contributed by atoms with Crippen LogP contribution in [0.25, 0.3) is 0 Å². The molecule has 2 rings (SSSR count). The zero-order valence-electron chi connectivity index (χ0n) is 9.79. The second-order valence-electron chi connectivity index (χ2n) is 4.09. The highest BCUT2D eigenvalue weighted by Crippen LogP contribution is 2.32. The number of carbonyl (C=O) groups is 2. The molecule has 5 nitrogen and oxygen atoms in total. The zero-order valence-corrected chi connectivity index (χ0v) is 9.79. The predicted octanol–water partition coefficient (Wildman–Crippen LogP) is 0.916. The Labute approximate surface area is 99.4 Å². The van der Waals surface area contributed by atoms with Crippen LogP contribution in [0.2, 0.25) is 0 Å². The van der Waals surface area contributed by atoms with Crippen molar-refractivity contribution in [3.05, 3.63) is 30.1 Å². The van der Waals surface area contributed by atoms with E-state index in [0.717, 1.165) is 5.56 Å². The Hall–Kier alpha value is -1.91. The van der Waals surface area contributed by atoms with Crippen molar-refractivity contribution in [2.24, 2.45) is 0 Å². The van der Waals surface area contributed by atoms with Crippen molar-refractivity contribution < 1.29 is 14.3 Å². The molecule has 0 bridgehead atoms. The number of pyridine rings is 1. The van der Waals surface area contributed by atoms with Gasteiger partial charge in [0.15, 0.2) is 6.10 Å². The summed E-state index contributed by atoms with van der Waals surface area (Å²) in [4.78, 5) is 28.4. The van der Waals surface area contributed by atoms with Crippen LogP contribution in [0.15, 0.2) is 24.5 Å². The molecule has 0 N–H and O–H groups in total. The van der Waals surface area contributed by atoms with E-state index < -0.39 is 12.1 Å². The summed E-state index contributed by atoms with van der Waals surface area (Å²) >= 11 is 0. The smallest absolute Gasteiger partial charge is 0.303 e. The van der Waals surface area contributed by atoms with Crippen LogP contribution in [0.1, 0.15) is 24.9 Å². The Morgan fingerprint density at radius 2 is 2.35 bits per heavy atom. The molecule has 0 radical (unpaired) electrons. The third kappa shape index (κ3) is 2.27. The van der Waals surface area contributed by atoms with Gasteiger partial charge in [-0.25, -0.2) is 0 Å². The first kappa shape index (κ1) is 11.6. The molecular weight excluding hydrogens is 220 g/mol. The maximum Gasteiger partial charge on any atom is 0.303 e. The molecule has 2 heterocycles. The number of esters is 1. The van der Waals surface area contributed by atoms with E-state index in [1.54, 1.807) is 24.3 Å². The normalized spacial score (nSPS) is 23.9. The van der Waals surface area contributed by atoms with Crippen molar-refractivity contribution in [1.29, 1.82) is 0 Å². The minimum atomic E-state index is -0.664. The van der Waals surface area contributed by atoms with E-state index in [-0.39, 0.29) is 11.9 Å². The molecule has 1 fully saturated rings. The summed E-state index contributed by atoms with van der Waals surface area (Å²) in [6.07, 6.45) is 3.23. The molecule has 0 unspecified atom stereocenters. The Morgan fingerprint density at radius 1 is 1.59 bits per heavy atom. The van der Waals surface area contributed by atoms with E-state index >= 15 is 0 Å². The molecule has 0 aliphatic carbocycles. The molecule has 1 saturated heterocycles. The summed E-state index contributed by atoms with van der Waals surface area (Å²) < 4.78 is 5.00. The lowest BCUT2D eigenvalue weighted by Crippen LogP contribution is -2.29. The third-order valence-corrected chi connectivity index (χ3v) is 2.91. The first-order valence-corrected chi connectivity index (χ1v) is 5.43. The van der Waals surface area contributed by atoms with Crippen LogP contribution in [0.5, 0.6) is 0 Å². The summed E-state index contributed by atoms with van der Waals surface area (Å²) in [7, 11) is 1.71. The lowest BCUT2D eigenvalue weighted by atomic mass is 10.1. The molecule has 90 valence electrons. The Kier molecular flexibility index (Phi) is 3.08. The molecule has 1 aromatic rings. The van der Waals surface area contributed by atoms with Crippen LogP contribution >= 0.6 is 0 Å². The Bertz CT molecular complexity index is 433. The van der Waals surface area contributed by atoms with Gasteiger partial charge in [0.2, 0.25) is 0 Å². The van der Waals surface area contributed by atoms with Gasteiger partial charge in [0.1, 0.15) is 0 Å². The highest BCUT2D eigenvalue weighted by Gasteiger charge is 2.40. The van der Waals surface area contributed by atoms with Gasteiger partial charge in [-0.05, 0) is 11.6 Å². The van der Waals surface area contributed by atoms with Gasteiger partial charge in [0.25, 0.3) is 5.91 Å². The van der Waals surface area contributed by atoms with Gasteiger partial charge in [-0.1, -0.05) is 6.07 Å². The number of carbonyl (C=O) groups excluding carboxylic acids is 2. The van der Waals surface area contributed by atoms with Gasteiger partial charge in [0.05, 0.1) is 6.04 Å². The second kappa shape index (κ2) is 4.53. The van der Waals surface area contributed by atoms with Crippen LogP contribution in [-0.4, -0.2) is 34.9 Å². The van der Waals surface area contributed by atoms with Crippen molar-refractivity contribution in [2.75, 3.05) is 7.05 Å². The fourth-order valence-corrected chi connectivity index (χ4v) is 2.07. The molecule has 1 aromatic heterocycles. The first-order valence-electron chi connectivity index (χ1n) is 5.43. The van der Waals surface area contributed by atoms with Gasteiger partial charge in [-0.15, -0.1) is 0 Å². The molecule has 1 aliphatic rings.